The van der Waals surface area contributed by atoms with Crippen molar-refractivity contribution < 1.29 is 10.0 Å². The highest BCUT2D eigenvalue weighted by Crippen LogP contribution is 1.86. The molecule has 0 aliphatic heterocycles. The molecule has 6 heteroatoms. The van der Waals surface area contributed by atoms with E-state index in [1.54, 1.807) is 0 Å². The summed E-state index contributed by atoms with van der Waals surface area (Å²) >= 11 is 0. The molecule has 0 aliphatic carbocycles. The van der Waals surface area contributed by atoms with Crippen LogP contribution in [0.1, 0.15) is 13.8 Å². The Morgan fingerprint density at radius 1 is 1.62 bits per heavy atom. The molecule has 0 bridgehead atoms. The van der Waals surface area contributed by atoms with Gasteiger partial charge >= 0.3 is 0 Å². The lowest BCUT2D eigenvalue weighted by molar-refractivity contribution is -0.121. The van der Waals surface area contributed by atoms with E-state index in [0.717, 1.165) is 0 Å². The van der Waals surface area contributed by atoms with Gasteiger partial charge in [0.25, 0.3) is 0 Å². The summed E-state index contributed by atoms with van der Waals surface area (Å²) in [5.41, 5.74) is 5.32. The average Bonchev–Trinajstić information content (AvgIpc) is 2.13. The summed E-state index contributed by atoms with van der Waals surface area (Å²) in [5, 5.41) is 13.8. The Labute approximate surface area is 77.4 Å². The lowest BCUT2D eigenvalue weighted by atomic mass is 10.4. The third kappa shape index (κ3) is 4.19. The zero-order chi connectivity index (χ0) is 10.3. The number of amides is 1. The maximum absolute atomic E-state index is 11.1. The van der Waals surface area contributed by atoms with Gasteiger partial charge in [-0.3, -0.25) is 4.79 Å². The van der Waals surface area contributed by atoms with Crippen molar-refractivity contribution in [3.63, 3.8) is 0 Å². The van der Waals surface area contributed by atoms with Crippen molar-refractivity contribution >= 4 is 11.9 Å². The van der Waals surface area contributed by atoms with E-state index in [0.29, 0.717) is 13.1 Å². The fourth-order valence-corrected chi connectivity index (χ4v) is 0.844. The number of rotatable bonds is 4. The Bertz CT molecular complexity index is 193. The van der Waals surface area contributed by atoms with Crippen LogP contribution in [0.15, 0.2) is 5.16 Å². The third-order valence-electron chi connectivity index (χ3n) is 1.52. The SMILES string of the molecule is CCNC(=O)CN(CC)C(N)=NO. The van der Waals surface area contributed by atoms with E-state index in [2.05, 4.69) is 10.5 Å². The number of hydrogen-bond acceptors (Lipinski definition) is 3. The van der Waals surface area contributed by atoms with Gasteiger partial charge in [0.15, 0.2) is 0 Å². The van der Waals surface area contributed by atoms with Crippen LogP contribution in [-0.2, 0) is 4.79 Å². The summed E-state index contributed by atoms with van der Waals surface area (Å²) < 4.78 is 0. The number of guanidine groups is 1. The molecule has 6 nitrogen and oxygen atoms in total. The molecular formula is C7H16N4O2. The van der Waals surface area contributed by atoms with Gasteiger partial charge < -0.3 is 21.2 Å². The van der Waals surface area contributed by atoms with Crippen LogP contribution in [0.2, 0.25) is 0 Å². The van der Waals surface area contributed by atoms with Crippen LogP contribution >= 0.6 is 0 Å². The average molecular weight is 188 g/mol. The first kappa shape index (κ1) is 11.5. The Morgan fingerprint density at radius 2 is 2.23 bits per heavy atom. The number of nitrogens with zero attached hydrogens (tertiary/aromatic N) is 2. The number of likely N-dealkylation sites (N-methyl/N-ethyl adjacent to an activating group) is 2. The molecule has 76 valence electrons. The number of nitrogens with two attached hydrogens (primary N) is 1. The summed E-state index contributed by atoms with van der Waals surface area (Å²) in [7, 11) is 0. The summed E-state index contributed by atoms with van der Waals surface area (Å²) in [5.74, 6) is -0.190. The van der Waals surface area contributed by atoms with Crippen LogP contribution in [0.5, 0.6) is 0 Å². The molecule has 13 heavy (non-hydrogen) atoms. The molecule has 0 aromatic carbocycles. The van der Waals surface area contributed by atoms with Crippen molar-refractivity contribution in [2.24, 2.45) is 10.9 Å². The first-order valence-electron chi connectivity index (χ1n) is 4.14. The molecule has 0 aromatic rings. The molecule has 0 fully saturated rings. The molecule has 0 aromatic heterocycles. The fourth-order valence-electron chi connectivity index (χ4n) is 0.844. The lowest BCUT2D eigenvalue weighted by Gasteiger charge is -2.19. The quantitative estimate of drug-likeness (QED) is 0.232. The van der Waals surface area contributed by atoms with Gasteiger partial charge in [-0.15, -0.1) is 0 Å². The van der Waals surface area contributed by atoms with Crippen molar-refractivity contribution in [3.8, 4) is 0 Å². The summed E-state index contributed by atoms with van der Waals surface area (Å²) in [6.45, 7) is 4.86. The van der Waals surface area contributed by atoms with Crippen LogP contribution in [0.4, 0.5) is 0 Å². The van der Waals surface area contributed by atoms with Crippen molar-refractivity contribution in [2.45, 2.75) is 13.8 Å². The molecular weight excluding hydrogens is 172 g/mol. The predicted octanol–water partition coefficient (Wildman–Crippen LogP) is -0.852. The van der Waals surface area contributed by atoms with Crippen molar-refractivity contribution in [1.29, 1.82) is 0 Å². The van der Waals surface area contributed by atoms with Gasteiger partial charge in [-0.1, -0.05) is 5.16 Å². The predicted molar refractivity (Wildman–Crippen MR) is 49.3 cm³/mol. The first-order valence-corrected chi connectivity index (χ1v) is 4.14. The normalized spacial score (nSPS) is 11.1. The standard InChI is InChI=1S/C7H16N4O2/c1-3-9-6(12)5-11(4-2)7(8)10-13/h13H,3-5H2,1-2H3,(H2,8,10)(H,9,12). The van der Waals surface area contributed by atoms with Crippen LogP contribution in [-0.4, -0.2) is 41.6 Å². The number of hydrogen-bond donors (Lipinski definition) is 3. The number of nitrogens with one attached hydrogen (secondary N) is 1. The number of oxime groups is 1. The second-order valence-corrected chi connectivity index (χ2v) is 2.43. The topological polar surface area (TPSA) is 91.0 Å². The van der Waals surface area contributed by atoms with E-state index in [1.165, 1.54) is 4.90 Å². The van der Waals surface area contributed by atoms with E-state index in [9.17, 15) is 4.79 Å². The molecule has 0 unspecified atom stereocenters. The fraction of sp³-hybridized carbons (Fsp3) is 0.714. The van der Waals surface area contributed by atoms with Gasteiger partial charge in [-0.05, 0) is 13.8 Å². The van der Waals surface area contributed by atoms with Gasteiger partial charge in [0.2, 0.25) is 11.9 Å². The van der Waals surface area contributed by atoms with Gasteiger partial charge in [0, 0.05) is 13.1 Å². The molecule has 0 aliphatic rings. The van der Waals surface area contributed by atoms with Gasteiger partial charge in [-0.25, -0.2) is 0 Å². The lowest BCUT2D eigenvalue weighted by Crippen LogP contribution is -2.44. The number of carbonyl (C=O) groups is 1. The van der Waals surface area contributed by atoms with Crippen LogP contribution in [0.25, 0.3) is 0 Å². The van der Waals surface area contributed by atoms with E-state index >= 15 is 0 Å². The van der Waals surface area contributed by atoms with E-state index < -0.39 is 0 Å². The van der Waals surface area contributed by atoms with E-state index in [4.69, 9.17) is 10.9 Å². The molecule has 0 rings (SSSR count). The second kappa shape index (κ2) is 6.10. The van der Waals surface area contributed by atoms with Crippen molar-refractivity contribution in [3.05, 3.63) is 0 Å². The van der Waals surface area contributed by atoms with Crippen LogP contribution in [0.3, 0.4) is 0 Å². The molecule has 0 atom stereocenters. The molecule has 0 saturated heterocycles. The zero-order valence-electron chi connectivity index (χ0n) is 7.95. The Morgan fingerprint density at radius 3 is 2.62 bits per heavy atom. The maximum Gasteiger partial charge on any atom is 0.239 e. The Kier molecular flexibility index (Phi) is 5.42. The monoisotopic (exact) mass is 188 g/mol. The summed E-state index contributed by atoms with van der Waals surface area (Å²) in [6, 6.07) is 0. The molecule has 0 radical (unpaired) electrons. The third-order valence-corrected chi connectivity index (χ3v) is 1.52. The Hall–Kier alpha value is -1.46. The maximum atomic E-state index is 11.1. The van der Waals surface area contributed by atoms with Crippen molar-refractivity contribution in [1.82, 2.24) is 10.2 Å². The minimum absolute atomic E-state index is 0.0475. The van der Waals surface area contributed by atoms with Gasteiger partial charge in [-0.2, -0.15) is 0 Å². The smallest absolute Gasteiger partial charge is 0.239 e. The minimum Gasteiger partial charge on any atom is -0.408 e. The van der Waals surface area contributed by atoms with Crippen molar-refractivity contribution in [2.75, 3.05) is 19.6 Å². The van der Waals surface area contributed by atoms with Crippen LogP contribution < -0.4 is 11.1 Å². The summed E-state index contributed by atoms with van der Waals surface area (Å²) in [6.07, 6.45) is 0. The number of carbonyl (C=O) groups excluding carboxylic acids is 1. The molecule has 0 spiro atoms. The Balaban J connectivity index is 4.05. The van der Waals surface area contributed by atoms with Gasteiger partial charge in [0.05, 0.1) is 6.54 Å². The highest BCUT2D eigenvalue weighted by molar-refractivity contribution is 5.85. The van der Waals surface area contributed by atoms with E-state index in [-0.39, 0.29) is 18.4 Å². The largest absolute Gasteiger partial charge is 0.408 e. The molecule has 1 amide bonds. The highest BCUT2D eigenvalue weighted by Gasteiger charge is 2.10. The molecule has 0 saturated carbocycles. The molecule has 4 N–H and O–H groups in total. The first-order chi connectivity index (χ1) is 6.15. The zero-order valence-corrected chi connectivity index (χ0v) is 7.95. The summed E-state index contributed by atoms with van der Waals surface area (Å²) in [4.78, 5) is 12.6. The molecule has 0 heterocycles. The highest BCUT2D eigenvalue weighted by atomic mass is 16.4. The second-order valence-electron chi connectivity index (χ2n) is 2.43. The van der Waals surface area contributed by atoms with Gasteiger partial charge in [0.1, 0.15) is 0 Å². The minimum atomic E-state index is -0.143. The van der Waals surface area contributed by atoms with Crippen LogP contribution in [0, 0.1) is 0 Å². The van der Waals surface area contributed by atoms with E-state index in [1.807, 2.05) is 13.8 Å².